The van der Waals surface area contributed by atoms with Crippen LogP contribution in [0.3, 0.4) is 0 Å². The van der Waals surface area contributed by atoms with Crippen molar-refractivity contribution in [2.24, 2.45) is 0 Å². The van der Waals surface area contributed by atoms with E-state index >= 15 is 0 Å². The van der Waals surface area contributed by atoms with E-state index in [1.165, 1.54) is 5.56 Å². The number of aryl methyl sites for hydroxylation is 1. The number of hydrogen-bond donors (Lipinski definition) is 3. The Morgan fingerprint density at radius 3 is 2.58 bits per heavy atom. The molecule has 0 bridgehead atoms. The summed E-state index contributed by atoms with van der Waals surface area (Å²) in [5, 5.41) is 1.14. The second kappa shape index (κ2) is 7.17. The third kappa shape index (κ3) is 4.03. The molecule has 0 spiro atoms. The maximum Gasteiger partial charge on any atom is 0.277 e. The summed E-state index contributed by atoms with van der Waals surface area (Å²) in [6.07, 6.45) is 2.58. The molecule has 0 saturated carbocycles. The van der Waals surface area contributed by atoms with Gasteiger partial charge in [-0.15, -0.1) is 0 Å². The van der Waals surface area contributed by atoms with Gasteiger partial charge < -0.3 is 4.98 Å². The topological polar surface area (TPSA) is 74.0 Å². The second-order valence-corrected chi connectivity index (χ2v) is 7.35. The SMILES string of the molecule is Cc1cccc2c(CCNS(=O)(=O)NCc3ccccc3)c[nH]c12. The van der Waals surface area contributed by atoms with Gasteiger partial charge in [0.2, 0.25) is 0 Å². The van der Waals surface area contributed by atoms with Crippen molar-refractivity contribution in [3.8, 4) is 0 Å². The molecule has 0 atom stereocenters. The van der Waals surface area contributed by atoms with Crippen molar-refractivity contribution in [3.63, 3.8) is 0 Å². The zero-order valence-corrected chi connectivity index (χ0v) is 14.4. The van der Waals surface area contributed by atoms with E-state index < -0.39 is 10.2 Å². The maximum absolute atomic E-state index is 12.0. The van der Waals surface area contributed by atoms with Crippen molar-refractivity contribution < 1.29 is 8.42 Å². The van der Waals surface area contributed by atoms with E-state index in [2.05, 4.69) is 33.5 Å². The predicted molar refractivity (Wildman–Crippen MR) is 96.9 cm³/mol. The molecule has 1 heterocycles. The van der Waals surface area contributed by atoms with Crippen molar-refractivity contribution in [2.45, 2.75) is 19.9 Å². The fraction of sp³-hybridized carbons (Fsp3) is 0.222. The molecule has 0 unspecified atom stereocenters. The van der Waals surface area contributed by atoms with E-state index in [4.69, 9.17) is 0 Å². The van der Waals surface area contributed by atoms with Gasteiger partial charge in [0.05, 0.1) is 0 Å². The molecular weight excluding hydrogens is 322 g/mol. The van der Waals surface area contributed by atoms with Crippen LogP contribution in [0, 0.1) is 6.92 Å². The summed E-state index contributed by atoms with van der Waals surface area (Å²) in [5.74, 6) is 0. The van der Waals surface area contributed by atoms with Gasteiger partial charge in [0, 0.05) is 30.2 Å². The van der Waals surface area contributed by atoms with Crippen molar-refractivity contribution in [3.05, 3.63) is 71.4 Å². The van der Waals surface area contributed by atoms with E-state index in [9.17, 15) is 8.42 Å². The Balaban J connectivity index is 1.56. The lowest BCUT2D eigenvalue weighted by Gasteiger charge is -2.08. The first-order chi connectivity index (χ1) is 11.6. The van der Waals surface area contributed by atoms with E-state index in [0.717, 1.165) is 22.0 Å². The molecule has 0 radical (unpaired) electrons. The number of H-pyrrole nitrogens is 1. The summed E-state index contributed by atoms with van der Waals surface area (Å²) < 4.78 is 29.2. The lowest BCUT2D eigenvalue weighted by molar-refractivity contribution is 0.566. The van der Waals surface area contributed by atoms with Crippen LogP contribution in [0.4, 0.5) is 0 Å². The number of hydrogen-bond acceptors (Lipinski definition) is 2. The zero-order valence-electron chi connectivity index (χ0n) is 13.5. The standard InChI is InChI=1S/C18H21N3O2S/c1-14-6-5-9-17-16(13-19-18(14)17)10-11-20-24(22,23)21-12-15-7-3-2-4-8-15/h2-9,13,19-21H,10-12H2,1H3. The average Bonchev–Trinajstić information content (AvgIpc) is 2.99. The Hall–Kier alpha value is -2.15. The Bertz CT molecular complexity index is 918. The lowest BCUT2D eigenvalue weighted by Crippen LogP contribution is -2.37. The molecule has 6 heteroatoms. The fourth-order valence-electron chi connectivity index (χ4n) is 2.72. The Labute approximate surface area is 142 Å². The largest absolute Gasteiger partial charge is 0.361 e. The zero-order chi connectivity index (χ0) is 17.0. The number of nitrogens with one attached hydrogen (secondary N) is 3. The summed E-state index contributed by atoms with van der Waals surface area (Å²) >= 11 is 0. The molecule has 1 aromatic heterocycles. The van der Waals surface area contributed by atoms with Gasteiger partial charge in [-0.3, -0.25) is 0 Å². The molecule has 0 fully saturated rings. The molecule has 3 N–H and O–H groups in total. The summed E-state index contributed by atoms with van der Waals surface area (Å²) in [7, 11) is -3.50. The molecule has 3 rings (SSSR count). The summed E-state index contributed by atoms with van der Waals surface area (Å²) in [6, 6.07) is 15.6. The lowest BCUT2D eigenvalue weighted by atomic mass is 10.1. The van der Waals surface area contributed by atoms with E-state index in [1.54, 1.807) is 0 Å². The molecule has 0 aliphatic carbocycles. The Morgan fingerprint density at radius 2 is 1.79 bits per heavy atom. The van der Waals surface area contributed by atoms with E-state index in [1.807, 2.05) is 42.6 Å². The number of aromatic nitrogens is 1. The van der Waals surface area contributed by atoms with Gasteiger partial charge in [0.15, 0.2) is 0 Å². The molecule has 0 aliphatic heterocycles. The van der Waals surface area contributed by atoms with Crippen LogP contribution in [0.5, 0.6) is 0 Å². The van der Waals surface area contributed by atoms with Crippen LogP contribution in [0.15, 0.2) is 54.7 Å². The Morgan fingerprint density at radius 1 is 1.00 bits per heavy atom. The number of aromatic amines is 1. The molecule has 2 aromatic carbocycles. The minimum atomic E-state index is -3.50. The maximum atomic E-state index is 12.0. The van der Waals surface area contributed by atoms with Gasteiger partial charge in [-0.05, 0) is 30.0 Å². The van der Waals surface area contributed by atoms with Crippen LogP contribution >= 0.6 is 0 Å². The predicted octanol–water partition coefficient (Wildman–Crippen LogP) is 2.64. The van der Waals surface area contributed by atoms with Crippen LogP contribution in [0.25, 0.3) is 10.9 Å². The van der Waals surface area contributed by atoms with Gasteiger partial charge in [-0.25, -0.2) is 4.72 Å². The number of rotatable bonds is 7. The third-order valence-electron chi connectivity index (χ3n) is 4.01. The highest BCUT2D eigenvalue weighted by Gasteiger charge is 2.10. The number of benzene rings is 2. The average molecular weight is 343 g/mol. The van der Waals surface area contributed by atoms with Gasteiger partial charge in [0.25, 0.3) is 10.2 Å². The van der Waals surface area contributed by atoms with Gasteiger partial charge in [-0.2, -0.15) is 13.1 Å². The van der Waals surface area contributed by atoms with Gasteiger partial charge in [-0.1, -0.05) is 48.5 Å². The number of fused-ring (bicyclic) bond motifs is 1. The first-order valence-corrected chi connectivity index (χ1v) is 9.37. The molecule has 24 heavy (non-hydrogen) atoms. The highest BCUT2D eigenvalue weighted by Crippen LogP contribution is 2.21. The molecule has 0 amide bonds. The molecule has 5 nitrogen and oxygen atoms in total. The first kappa shape index (κ1) is 16.7. The molecule has 0 saturated heterocycles. The van der Waals surface area contributed by atoms with Crippen molar-refractivity contribution in [1.29, 1.82) is 0 Å². The van der Waals surface area contributed by atoms with Crippen LogP contribution < -0.4 is 9.44 Å². The van der Waals surface area contributed by atoms with Gasteiger partial charge in [0.1, 0.15) is 0 Å². The van der Waals surface area contributed by atoms with Crippen LogP contribution in [0.2, 0.25) is 0 Å². The highest BCUT2D eigenvalue weighted by atomic mass is 32.2. The monoisotopic (exact) mass is 343 g/mol. The third-order valence-corrected chi connectivity index (χ3v) is 5.11. The van der Waals surface area contributed by atoms with Crippen molar-refractivity contribution in [1.82, 2.24) is 14.4 Å². The second-order valence-electron chi connectivity index (χ2n) is 5.77. The fourth-order valence-corrected chi connectivity index (χ4v) is 3.55. The summed E-state index contributed by atoms with van der Waals surface area (Å²) in [4.78, 5) is 3.26. The Kier molecular flexibility index (Phi) is 4.99. The first-order valence-electron chi connectivity index (χ1n) is 7.89. The van der Waals surface area contributed by atoms with Crippen molar-refractivity contribution >= 4 is 21.1 Å². The molecule has 126 valence electrons. The summed E-state index contributed by atoms with van der Waals surface area (Å²) in [6.45, 7) is 2.69. The highest BCUT2D eigenvalue weighted by molar-refractivity contribution is 7.87. The van der Waals surface area contributed by atoms with E-state index in [-0.39, 0.29) is 6.54 Å². The van der Waals surface area contributed by atoms with Gasteiger partial charge >= 0.3 is 0 Å². The normalized spacial score (nSPS) is 11.9. The number of para-hydroxylation sites is 1. The smallest absolute Gasteiger partial charge is 0.277 e. The summed E-state index contributed by atoms with van der Waals surface area (Å²) in [5.41, 5.74) is 4.33. The molecule has 3 aromatic rings. The minimum Gasteiger partial charge on any atom is -0.361 e. The molecule has 0 aliphatic rings. The van der Waals surface area contributed by atoms with Crippen molar-refractivity contribution in [2.75, 3.05) is 6.54 Å². The van der Waals surface area contributed by atoms with Crippen LogP contribution in [-0.2, 0) is 23.2 Å². The molecular formula is C18H21N3O2S. The quantitative estimate of drug-likeness (QED) is 0.617. The van der Waals surface area contributed by atoms with Crippen LogP contribution in [0.1, 0.15) is 16.7 Å². The minimum absolute atomic E-state index is 0.280. The van der Waals surface area contributed by atoms with Crippen LogP contribution in [-0.4, -0.2) is 19.9 Å². The van der Waals surface area contributed by atoms with E-state index in [0.29, 0.717) is 13.0 Å².